The van der Waals surface area contributed by atoms with Crippen molar-refractivity contribution in [2.45, 2.75) is 13.0 Å². The topological polar surface area (TPSA) is 34.6 Å². The molecule has 0 amide bonds. The fourth-order valence-electron chi connectivity index (χ4n) is 1.71. The molecule has 0 radical (unpaired) electrons. The Balaban J connectivity index is 2.10. The van der Waals surface area contributed by atoms with Crippen LogP contribution in [-0.2, 0) is 9.47 Å². The van der Waals surface area contributed by atoms with Crippen LogP contribution >= 0.6 is 11.3 Å². The minimum absolute atomic E-state index is 0.300. The van der Waals surface area contributed by atoms with Gasteiger partial charge in [-0.2, -0.15) is 0 Å². The SMILES string of the molecule is COC[C@H]1COCCN1c1nc(C)cs1. The number of hydrogen-bond acceptors (Lipinski definition) is 5. The molecule has 2 rings (SSSR count). The Hall–Kier alpha value is -0.650. The van der Waals surface area contributed by atoms with Crippen LogP contribution in [0.25, 0.3) is 0 Å². The second-order valence-electron chi connectivity index (χ2n) is 3.65. The molecule has 1 aliphatic rings. The largest absolute Gasteiger partial charge is 0.382 e. The maximum Gasteiger partial charge on any atom is 0.185 e. The van der Waals surface area contributed by atoms with Crippen LogP contribution in [0.2, 0.25) is 0 Å². The number of hydrogen-bond donors (Lipinski definition) is 0. The van der Waals surface area contributed by atoms with E-state index >= 15 is 0 Å². The summed E-state index contributed by atoms with van der Waals surface area (Å²) >= 11 is 1.69. The van der Waals surface area contributed by atoms with Crippen LogP contribution in [0.4, 0.5) is 5.13 Å². The van der Waals surface area contributed by atoms with E-state index in [-0.39, 0.29) is 0 Å². The van der Waals surface area contributed by atoms with Crippen molar-refractivity contribution in [3.63, 3.8) is 0 Å². The molecule has 0 N–H and O–H groups in total. The highest BCUT2D eigenvalue weighted by molar-refractivity contribution is 7.13. The predicted molar refractivity (Wildman–Crippen MR) is 60.7 cm³/mol. The predicted octanol–water partition coefficient (Wildman–Crippen LogP) is 1.30. The van der Waals surface area contributed by atoms with Gasteiger partial charge in [0.25, 0.3) is 0 Å². The van der Waals surface area contributed by atoms with E-state index in [4.69, 9.17) is 9.47 Å². The van der Waals surface area contributed by atoms with Gasteiger partial charge in [0.15, 0.2) is 5.13 Å². The number of aromatic nitrogens is 1. The number of anilines is 1. The van der Waals surface area contributed by atoms with Crippen molar-refractivity contribution in [2.75, 3.05) is 38.4 Å². The number of morpholine rings is 1. The molecule has 84 valence electrons. The molecule has 1 aliphatic heterocycles. The summed E-state index contributed by atoms with van der Waals surface area (Å²) in [5, 5.41) is 3.16. The number of ether oxygens (including phenoxy) is 2. The molecule has 0 unspecified atom stereocenters. The summed E-state index contributed by atoms with van der Waals surface area (Å²) in [5.41, 5.74) is 1.08. The van der Waals surface area contributed by atoms with E-state index in [1.807, 2.05) is 6.92 Å². The zero-order chi connectivity index (χ0) is 10.7. The first-order valence-electron chi connectivity index (χ1n) is 5.06. The molecule has 0 bridgehead atoms. The van der Waals surface area contributed by atoms with Gasteiger partial charge >= 0.3 is 0 Å². The van der Waals surface area contributed by atoms with E-state index in [9.17, 15) is 0 Å². The van der Waals surface area contributed by atoms with E-state index in [2.05, 4.69) is 15.3 Å². The van der Waals surface area contributed by atoms with Crippen molar-refractivity contribution in [3.05, 3.63) is 11.1 Å². The van der Waals surface area contributed by atoms with Crippen molar-refractivity contribution in [3.8, 4) is 0 Å². The maximum absolute atomic E-state index is 5.45. The van der Waals surface area contributed by atoms with Crippen LogP contribution in [-0.4, -0.2) is 44.5 Å². The van der Waals surface area contributed by atoms with Gasteiger partial charge in [0.2, 0.25) is 0 Å². The van der Waals surface area contributed by atoms with Crippen LogP contribution in [0.5, 0.6) is 0 Å². The van der Waals surface area contributed by atoms with Crippen LogP contribution < -0.4 is 4.90 Å². The van der Waals surface area contributed by atoms with Gasteiger partial charge in [0.05, 0.1) is 31.6 Å². The van der Waals surface area contributed by atoms with E-state index < -0.39 is 0 Å². The van der Waals surface area contributed by atoms with Crippen LogP contribution in [0.3, 0.4) is 0 Å². The summed E-state index contributed by atoms with van der Waals surface area (Å²) in [6.45, 7) is 5.12. The van der Waals surface area contributed by atoms with Crippen LogP contribution in [0, 0.1) is 6.92 Å². The Kier molecular flexibility index (Phi) is 3.56. The molecule has 4 nitrogen and oxygen atoms in total. The molecular formula is C10H16N2O2S. The average Bonchev–Trinajstić information content (AvgIpc) is 2.66. The minimum atomic E-state index is 0.300. The molecule has 0 aliphatic carbocycles. The maximum atomic E-state index is 5.45. The lowest BCUT2D eigenvalue weighted by molar-refractivity contribution is 0.0601. The van der Waals surface area contributed by atoms with Crippen LogP contribution in [0.1, 0.15) is 5.69 Å². The summed E-state index contributed by atoms with van der Waals surface area (Å²) in [5.74, 6) is 0. The highest BCUT2D eigenvalue weighted by Gasteiger charge is 2.24. The first-order chi connectivity index (χ1) is 7.31. The molecule has 15 heavy (non-hydrogen) atoms. The first kappa shape index (κ1) is 10.9. The smallest absolute Gasteiger partial charge is 0.185 e. The number of methoxy groups -OCH3 is 1. The third-order valence-corrected chi connectivity index (χ3v) is 3.43. The van der Waals surface area contributed by atoms with Crippen molar-refractivity contribution in [2.24, 2.45) is 0 Å². The molecule has 1 fully saturated rings. The lowest BCUT2D eigenvalue weighted by atomic mass is 10.2. The zero-order valence-corrected chi connectivity index (χ0v) is 9.92. The molecule has 1 aromatic heterocycles. The molecule has 1 atom stereocenters. The van der Waals surface area contributed by atoms with Gasteiger partial charge in [-0.15, -0.1) is 11.3 Å². The van der Waals surface area contributed by atoms with Gasteiger partial charge in [-0.3, -0.25) is 0 Å². The van der Waals surface area contributed by atoms with E-state index in [0.717, 1.165) is 30.6 Å². The van der Waals surface area contributed by atoms with Crippen molar-refractivity contribution in [1.82, 2.24) is 4.98 Å². The number of rotatable bonds is 3. The normalized spacial score (nSPS) is 22.0. The third kappa shape index (κ3) is 2.48. The fraction of sp³-hybridized carbons (Fsp3) is 0.700. The van der Waals surface area contributed by atoms with Gasteiger partial charge < -0.3 is 14.4 Å². The Morgan fingerprint density at radius 3 is 3.27 bits per heavy atom. The quantitative estimate of drug-likeness (QED) is 0.781. The Bertz CT molecular complexity index is 314. The number of nitrogens with zero attached hydrogens (tertiary/aromatic N) is 2. The molecule has 2 heterocycles. The van der Waals surface area contributed by atoms with Gasteiger partial charge in [0.1, 0.15) is 0 Å². The molecule has 1 aromatic rings. The van der Waals surface area contributed by atoms with E-state index in [0.29, 0.717) is 12.6 Å². The fourth-order valence-corrected chi connectivity index (χ4v) is 2.61. The zero-order valence-electron chi connectivity index (χ0n) is 9.10. The second kappa shape index (κ2) is 4.92. The van der Waals surface area contributed by atoms with Gasteiger partial charge in [-0.05, 0) is 6.92 Å². The number of aryl methyl sites for hydroxylation is 1. The monoisotopic (exact) mass is 228 g/mol. The summed E-state index contributed by atoms with van der Waals surface area (Å²) < 4.78 is 10.6. The van der Waals surface area contributed by atoms with Crippen molar-refractivity contribution in [1.29, 1.82) is 0 Å². The average molecular weight is 228 g/mol. The van der Waals surface area contributed by atoms with Gasteiger partial charge in [0, 0.05) is 19.0 Å². The second-order valence-corrected chi connectivity index (χ2v) is 4.49. The first-order valence-corrected chi connectivity index (χ1v) is 5.94. The summed E-state index contributed by atoms with van der Waals surface area (Å²) in [6, 6.07) is 0.300. The highest BCUT2D eigenvalue weighted by Crippen LogP contribution is 2.23. The Morgan fingerprint density at radius 2 is 2.60 bits per heavy atom. The van der Waals surface area contributed by atoms with Gasteiger partial charge in [-0.1, -0.05) is 0 Å². The third-order valence-electron chi connectivity index (χ3n) is 2.44. The molecule has 5 heteroatoms. The van der Waals surface area contributed by atoms with Gasteiger partial charge in [-0.25, -0.2) is 4.98 Å². The van der Waals surface area contributed by atoms with Crippen molar-refractivity contribution >= 4 is 16.5 Å². The summed E-state index contributed by atoms with van der Waals surface area (Å²) in [4.78, 5) is 6.78. The lowest BCUT2D eigenvalue weighted by Gasteiger charge is -2.34. The molecule has 0 aromatic carbocycles. The summed E-state index contributed by atoms with van der Waals surface area (Å²) in [6.07, 6.45) is 0. The van der Waals surface area contributed by atoms with E-state index in [1.54, 1.807) is 18.4 Å². The lowest BCUT2D eigenvalue weighted by Crippen LogP contribution is -2.48. The Labute approximate surface area is 93.8 Å². The molecule has 0 saturated carbocycles. The standard InChI is InChI=1S/C10H16N2O2S/c1-8-7-15-10(11-8)12-3-4-14-6-9(12)5-13-2/h7,9H,3-6H2,1-2H3/t9-/m0/s1. The Morgan fingerprint density at radius 1 is 1.73 bits per heavy atom. The molecule has 0 spiro atoms. The summed E-state index contributed by atoms with van der Waals surface area (Å²) in [7, 11) is 1.72. The minimum Gasteiger partial charge on any atom is -0.382 e. The van der Waals surface area contributed by atoms with Crippen molar-refractivity contribution < 1.29 is 9.47 Å². The number of thiazole rings is 1. The molecular weight excluding hydrogens is 212 g/mol. The molecule has 1 saturated heterocycles. The van der Waals surface area contributed by atoms with E-state index in [1.165, 1.54) is 0 Å². The highest BCUT2D eigenvalue weighted by atomic mass is 32.1. The van der Waals surface area contributed by atoms with Crippen LogP contribution in [0.15, 0.2) is 5.38 Å².